The molecule has 0 aliphatic carbocycles. The molecule has 3 heterocycles. The molecule has 3 aromatic rings. The Hall–Kier alpha value is -3.12. The zero-order chi connectivity index (χ0) is 22.6. The first-order valence-electron chi connectivity index (χ1n) is 11.5. The standard InChI is InChI=1S/C26H27ClN4O2/c27-20-9-11-21(12-10-20)33-18-24(32)31-16-13-23-22(17-31)26(30-14-5-2-6-15-30)29-25(28-23)19-7-3-1-4-8-19/h1,3-4,7-12H,2,5-6,13-18H2. The number of aromatic nitrogens is 2. The van der Waals surface area contributed by atoms with Crippen LogP contribution in [0.4, 0.5) is 5.82 Å². The average molecular weight is 463 g/mol. The molecule has 0 spiro atoms. The fourth-order valence-corrected chi connectivity index (χ4v) is 4.59. The minimum Gasteiger partial charge on any atom is -0.484 e. The molecule has 0 atom stereocenters. The largest absolute Gasteiger partial charge is 0.484 e. The van der Waals surface area contributed by atoms with Gasteiger partial charge in [0.15, 0.2) is 12.4 Å². The van der Waals surface area contributed by atoms with E-state index >= 15 is 0 Å². The van der Waals surface area contributed by atoms with E-state index in [0.717, 1.165) is 54.4 Å². The number of ether oxygens (including phenoxy) is 1. The summed E-state index contributed by atoms with van der Waals surface area (Å²) in [6.45, 7) is 3.12. The molecule has 33 heavy (non-hydrogen) atoms. The summed E-state index contributed by atoms with van der Waals surface area (Å²) >= 11 is 5.93. The van der Waals surface area contributed by atoms with Gasteiger partial charge in [0.25, 0.3) is 5.91 Å². The molecule has 2 aliphatic heterocycles. The lowest BCUT2D eigenvalue weighted by Gasteiger charge is -2.34. The number of halogens is 1. The highest BCUT2D eigenvalue weighted by molar-refractivity contribution is 6.30. The number of carbonyl (C=O) groups is 1. The van der Waals surface area contributed by atoms with Crippen LogP contribution in [0.5, 0.6) is 5.75 Å². The summed E-state index contributed by atoms with van der Waals surface area (Å²) in [5.74, 6) is 2.35. The quantitative estimate of drug-likeness (QED) is 0.547. The van der Waals surface area contributed by atoms with Gasteiger partial charge in [-0.15, -0.1) is 0 Å². The molecule has 6 nitrogen and oxygen atoms in total. The van der Waals surface area contributed by atoms with Crippen molar-refractivity contribution in [2.24, 2.45) is 0 Å². The van der Waals surface area contributed by atoms with Crippen molar-refractivity contribution in [2.45, 2.75) is 32.2 Å². The van der Waals surface area contributed by atoms with E-state index in [9.17, 15) is 4.79 Å². The van der Waals surface area contributed by atoms with Gasteiger partial charge in [-0.05, 0) is 43.5 Å². The number of amides is 1. The van der Waals surface area contributed by atoms with Gasteiger partial charge in [0.2, 0.25) is 0 Å². The minimum absolute atomic E-state index is 0.00102. The van der Waals surface area contributed by atoms with E-state index in [1.165, 1.54) is 6.42 Å². The molecule has 0 N–H and O–H groups in total. The van der Waals surface area contributed by atoms with E-state index in [4.69, 9.17) is 26.3 Å². The van der Waals surface area contributed by atoms with Crippen LogP contribution in [0.15, 0.2) is 54.6 Å². The van der Waals surface area contributed by atoms with Crippen molar-refractivity contribution in [3.63, 3.8) is 0 Å². The molecule has 1 amide bonds. The predicted octanol–water partition coefficient (Wildman–Crippen LogP) is 4.75. The minimum atomic E-state index is -0.0349. The van der Waals surface area contributed by atoms with Crippen molar-refractivity contribution in [2.75, 3.05) is 31.1 Å². The molecule has 170 valence electrons. The maximum absolute atomic E-state index is 12.9. The van der Waals surface area contributed by atoms with Crippen molar-refractivity contribution < 1.29 is 9.53 Å². The van der Waals surface area contributed by atoms with Gasteiger partial charge in [-0.25, -0.2) is 9.97 Å². The Kier molecular flexibility index (Phi) is 6.44. The number of carbonyl (C=O) groups excluding carboxylic acids is 1. The molecule has 1 fully saturated rings. The molecular formula is C26H27ClN4O2. The van der Waals surface area contributed by atoms with Crippen LogP contribution in [0.3, 0.4) is 0 Å². The van der Waals surface area contributed by atoms with E-state index in [0.29, 0.717) is 30.3 Å². The number of nitrogens with zero attached hydrogens (tertiary/aromatic N) is 4. The molecule has 0 saturated carbocycles. The maximum Gasteiger partial charge on any atom is 0.260 e. The predicted molar refractivity (Wildman–Crippen MR) is 130 cm³/mol. The van der Waals surface area contributed by atoms with Gasteiger partial charge >= 0.3 is 0 Å². The van der Waals surface area contributed by atoms with Crippen LogP contribution in [0.1, 0.15) is 30.5 Å². The second-order valence-corrected chi connectivity index (χ2v) is 8.95. The zero-order valence-electron chi connectivity index (χ0n) is 18.5. The van der Waals surface area contributed by atoms with E-state index < -0.39 is 0 Å². The summed E-state index contributed by atoms with van der Waals surface area (Å²) in [6.07, 6.45) is 4.29. The Labute approximate surface area is 199 Å². The zero-order valence-corrected chi connectivity index (χ0v) is 19.3. The molecule has 1 aromatic heterocycles. The number of rotatable bonds is 5. The Morgan fingerprint density at radius 2 is 1.70 bits per heavy atom. The fourth-order valence-electron chi connectivity index (χ4n) is 4.46. The summed E-state index contributed by atoms with van der Waals surface area (Å²) in [5, 5.41) is 0.640. The molecule has 0 bridgehead atoms. The van der Waals surface area contributed by atoms with Crippen LogP contribution in [-0.2, 0) is 17.8 Å². The molecule has 0 radical (unpaired) electrons. The summed E-state index contributed by atoms with van der Waals surface area (Å²) in [6, 6.07) is 17.2. The first kappa shape index (κ1) is 21.7. The van der Waals surface area contributed by atoms with Gasteiger partial charge in [-0.2, -0.15) is 0 Å². The highest BCUT2D eigenvalue weighted by Crippen LogP contribution is 2.31. The van der Waals surface area contributed by atoms with Gasteiger partial charge < -0.3 is 14.5 Å². The van der Waals surface area contributed by atoms with Crippen LogP contribution < -0.4 is 9.64 Å². The lowest BCUT2D eigenvalue weighted by molar-refractivity contribution is -0.134. The summed E-state index contributed by atoms with van der Waals surface area (Å²) in [5.41, 5.74) is 3.14. The number of piperidine rings is 1. The number of benzene rings is 2. The lowest BCUT2D eigenvalue weighted by atomic mass is 10.0. The first-order chi connectivity index (χ1) is 16.2. The lowest BCUT2D eigenvalue weighted by Crippen LogP contribution is -2.41. The molecule has 0 unspecified atom stereocenters. The average Bonchev–Trinajstić information content (AvgIpc) is 2.88. The van der Waals surface area contributed by atoms with Crippen LogP contribution in [0.2, 0.25) is 5.02 Å². The van der Waals surface area contributed by atoms with Gasteiger partial charge in [0, 0.05) is 42.2 Å². The second kappa shape index (κ2) is 9.79. The topological polar surface area (TPSA) is 58.6 Å². The van der Waals surface area contributed by atoms with Gasteiger partial charge in [-0.1, -0.05) is 41.9 Å². The molecule has 2 aromatic carbocycles. The van der Waals surface area contributed by atoms with Crippen LogP contribution in [-0.4, -0.2) is 47.0 Å². The van der Waals surface area contributed by atoms with Crippen molar-refractivity contribution in [1.82, 2.24) is 14.9 Å². The van der Waals surface area contributed by atoms with Gasteiger partial charge in [-0.3, -0.25) is 4.79 Å². The summed E-state index contributed by atoms with van der Waals surface area (Å²) in [4.78, 5) is 27.1. The maximum atomic E-state index is 12.9. The monoisotopic (exact) mass is 462 g/mol. The highest BCUT2D eigenvalue weighted by Gasteiger charge is 2.28. The Morgan fingerprint density at radius 3 is 2.45 bits per heavy atom. The van der Waals surface area contributed by atoms with E-state index in [1.54, 1.807) is 24.3 Å². The molecule has 2 aliphatic rings. The highest BCUT2D eigenvalue weighted by atomic mass is 35.5. The van der Waals surface area contributed by atoms with Crippen molar-refractivity contribution in [1.29, 1.82) is 0 Å². The van der Waals surface area contributed by atoms with E-state index in [-0.39, 0.29) is 12.5 Å². The third kappa shape index (κ3) is 4.96. The number of hydrogen-bond acceptors (Lipinski definition) is 5. The van der Waals surface area contributed by atoms with E-state index in [2.05, 4.69) is 17.0 Å². The Balaban J connectivity index is 1.38. The van der Waals surface area contributed by atoms with Crippen LogP contribution in [0.25, 0.3) is 11.4 Å². The second-order valence-electron chi connectivity index (χ2n) is 8.52. The summed E-state index contributed by atoms with van der Waals surface area (Å²) in [7, 11) is 0. The van der Waals surface area contributed by atoms with Crippen LogP contribution >= 0.6 is 11.6 Å². The van der Waals surface area contributed by atoms with E-state index in [1.807, 2.05) is 23.1 Å². The molecule has 1 saturated heterocycles. The van der Waals surface area contributed by atoms with Crippen molar-refractivity contribution >= 4 is 23.3 Å². The SMILES string of the molecule is O=C(COc1ccc(Cl)cc1)N1CCc2nc(-c3ccccc3)nc(N3CCCCC3)c2C1. The van der Waals surface area contributed by atoms with Crippen molar-refractivity contribution in [3.05, 3.63) is 70.9 Å². The smallest absolute Gasteiger partial charge is 0.260 e. The third-order valence-corrected chi connectivity index (χ3v) is 6.51. The molecule has 5 rings (SSSR count). The third-order valence-electron chi connectivity index (χ3n) is 6.25. The molecular weight excluding hydrogens is 436 g/mol. The Bertz CT molecular complexity index is 1120. The number of fused-ring (bicyclic) bond motifs is 1. The fraction of sp³-hybridized carbons (Fsp3) is 0.346. The van der Waals surface area contributed by atoms with Gasteiger partial charge in [0.05, 0.1) is 12.2 Å². The van der Waals surface area contributed by atoms with Crippen LogP contribution in [0, 0.1) is 0 Å². The number of hydrogen-bond donors (Lipinski definition) is 0. The van der Waals surface area contributed by atoms with Gasteiger partial charge in [0.1, 0.15) is 11.6 Å². The number of anilines is 1. The first-order valence-corrected chi connectivity index (χ1v) is 11.9. The van der Waals surface area contributed by atoms with Crippen molar-refractivity contribution in [3.8, 4) is 17.1 Å². The summed E-state index contributed by atoms with van der Waals surface area (Å²) < 4.78 is 5.70. The molecule has 7 heteroatoms. The normalized spacial score (nSPS) is 15.8. The Morgan fingerprint density at radius 1 is 0.939 bits per heavy atom.